The van der Waals surface area contributed by atoms with Gasteiger partial charge >= 0.3 is 0 Å². The number of nitrogen functional groups attached to an aromatic ring is 1. The summed E-state index contributed by atoms with van der Waals surface area (Å²) in [6.45, 7) is 0. The second kappa shape index (κ2) is 6.03. The molecule has 0 saturated heterocycles. The van der Waals surface area contributed by atoms with Gasteiger partial charge in [-0.3, -0.25) is 9.59 Å². The molecule has 1 aromatic heterocycles. The molecule has 22 heavy (non-hydrogen) atoms. The molecule has 0 aliphatic rings. The summed E-state index contributed by atoms with van der Waals surface area (Å²) in [5.74, 6) is 5.92. The molecule has 6 heteroatoms. The SMILES string of the molecule is Nn1c(SCC(=O)c2ccccc2)nc2ccccc2c1=O. The van der Waals surface area contributed by atoms with Gasteiger partial charge in [0.25, 0.3) is 5.56 Å². The van der Waals surface area contributed by atoms with Gasteiger partial charge in [-0.1, -0.05) is 54.2 Å². The molecule has 5 nitrogen and oxygen atoms in total. The first-order chi connectivity index (χ1) is 10.7. The number of fused-ring (bicyclic) bond motifs is 1. The molecule has 0 bridgehead atoms. The number of thioether (sulfide) groups is 1. The van der Waals surface area contributed by atoms with E-state index in [4.69, 9.17) is 5.84 Å². The molecule has 2 N–H and O–H groups in total. The highest BCUT2D eigenvalue weighted by Crippen LogP contribution is 2.17. The highest BCUT2D eigenvalue weighted by atomic mass is 32.2. The smallest absolute Gasteiger partial charge is 0.280 e. The molecular weight excluding hydrogens is 298 g/mol. The number of hydrogen-bond donors (Lipinski definition) is 1. The van der Waals surface area contributed by atoms with Gasteiger partial charge in [0.1, 0.15) is 0 Å². The van der Waals surface area contributed by atoms with Crippen LogP contribution < -0.4 is 11.4 Å². The van der Waals surface area contributed by atoms with E-state index in [2.05, 4.69) is 4.98 Å². The van der Waals surface area contributed by atoms with Crippen molar-refractivity contribution in [3.63, 3.8) is 0 Å². The van der Waals surface area contributed by atoms with Crippen LogP contribution in [-0.4, -0.2) is 21.2 Å². The lowest BCUT2D eigenvalue weighted by atomic mass is 10.2. The topological polar surface area (TPSA) is 78.0 Å². The number of nitrogens with two attached hydrogens (primary N) is 1. The van der Waals surface area contributed by atoms with Gasteiger partial charge in [0.05, 0.1) is 16.7 Å². The largest absolute Gasteiger partial charge is 0.334 e. The molecule has 0 spiro atoms. The first-order valence-corrected chi connectivity index (χ1v) is 7.63. The number of Topliss-reactive ketones (excluding diaryl/α,β-unsaturated/α-hetero) is 1. The monoisotopic (exact) mass is 311 g/mol. The Morgan fingerprint density at radius 1 is 1.09 bits per heavy atom. The number of para-hydroxylation sites is 1. The summed E-state index contributed by atoms with van der Waals surface area (Å²) < 4.78 is 0.991. The van der Waals surface area contributed by atoms with Gasteiger partial charge in [-0.2, -0.15) is 0 Å². The number of nitrogens with zero attached hydrogens (tertiary/aromatic N) is 2. The Bertz CT molecular complexity index is 891. The summed E-state index contributed by atoms with van der Waals surface area (Å²) in [6.07, 6.45) is 0. The van der Waals surface area contributed by atoms with Gasteiger partial charge < -0.3 is 5.84 Å². The Morgan fingerprint density at radius 3 is 2.55 bits per heavy atom. The van der Waals surface area contributed by atoms with Crippen molar-refractivity contribution in [1.29, 1.82) is 0 Å². The van der Waals surface area contributed by atoms with Crippen molar-refractivity contribution >= 4 is 28.4 Å². The number of rotatable bonds is 4. The minimum atomic E-state index is -0.319. The average Bonchev–Trinajstić information content (AvgIpc) is 2.57. The highest BCUT2D eigenvalue weighted by Gasteiger charge is 2.12. The predicted octanol–water partition coefficient (Wildman–Crippen LogP) is 2.09. The van der Waals surface area contributed by atoms with Crippen molar-refractivity contribution in [2.75, 3.05) is 11.6 Å². The molecule has 110 valence electrons. The molecule has 0 aliphatic heterocycles. The Hall–Kier alpha value is -2.60. The zero-order valence-corrected chi connectivity index (χ0v) is 12.4. The number of benzene rings is 2. The number of carbonyl (C=O) groups excluding carboxylic acids is 1. The summed E-state index contributed by atoms with van der Waals surface area (Å²) in [5.41, 5.74) is 0.880. The highest BCUT2D eigenvalue weighted by molar-refractivity contribution is 7.99. The van der Waals surface area contributed by atoms with E-state index in [0.717, 1.165) is 16.4 Å². The maximum atomic E-state index is 12.2. The van der Waals surface area contributed by atoms with Crippen LogP contribution in [0.2, 0.25) is 0 Å². The fourth-order valence-corrected chi connectivity index (χ4v) is 2.88. The molecule has 0 aliphatic carbocycles. The van der Waals surface area contributed by atoms with Crippen LogP contribution in [0.15, 0.2) is 64.5 Å². The van der Waals surface area contributed by atoms with E-state index in [1.54, 1.807) is 36.4 Å². The first kappa shape index (κ1) is 14.3. The van der Waals surface area contributed by atoms with Gasteiger partial charge in [0.15, 0.2) is 10.9 Å². The maximum absolute atomic E-state index is 12.2. The van der Waals surface area contributed by atoms with Gasteiger partial charge in [0, 0.05) is 5.56 Å². The Balaban J connectivity index is 1.87. The van der Waals surface area contributed by atoms with E-state index in [1.165, 1.54) is 0 Å². The average molecular weight is 311 g/mol. The maximum Gasteiger partial charge on any atom is 0.280 e. The fourth-order valence-electron chi connectivity index (χ4n) is 2.06. The van der Waals surface area contributed by atoms with Crippen LogP contribution in [0.1, 0.15) is 10.4 Å². The third-order valence-corrected chi connectivity index (χ3v) is 4.16. The standard InChI is InChI=1S/C16H13N3O2S/c17-19-15(21)12-8-4-5-9-13(12)18-16(19)22-10-14(20)11-6-2-1-3-7-11/h1-9H,10,17H2. The number of aromatic nitrogens is 2. The number of carbonyl (C=O) groups is 1. The van der Waals surface area contributed by atoms with Crippen LogP contribution in [0.25, 0.3) is 10.9 Å². The lowest BCUT2D eigenvalue weighted by Crippen LogP contribution is -2.30. The van der Waals surface area contributed by atoms with Gasteiger partial charge in [-0.15, -0.1) is 0 Å². The Labute approximate surface area is 130 Å². The zero-order chi connectivity index (χ0) is 15.5. The summed E-state index contributed by atoms with van der Waals surface area (Å²) >= 11 is 1.16. The molecular formula is C16H13N3O2S. The molecule has 2 aromatic carbocycles. The molecule has 1 heterocycles. The zero-order valence-electron chi connectivity index (χ0n) is 11.6. The van der Waals surface area contributed by atoms with Crippen molar-refractivity contribution in [2.24, 2.45) is 0 Å². The van der Waals surface area contributed by atoms with E-state index >= 15 is 0 Å². The van der Waals surface area contributed by atoms with Crippen molar-refractivity contribution in [1.82, 2.24) is 9.66 Å². The minimum Gasteiger partial charge on any atom is -0.334 e. The van der Waals surface area contributed by atoms with Gasteiger partial charge in [0.2, 0.25) is 0 Å². The van der Waals surface area contributed by atoms with Crippen LogP contribution in [0, 0.1) is 0 Å². The predicted molar refractivity (Wildman–Crippen MR) is 87.6 cm³/mol. The first-order valence-electron chi connectivity index (χ1n) is 6.65. The molecule has 0 amide bonds. The second-order valence-electron chi connectivity index (χ2n) is 4.66. The molecule has 0 atom stereocenters. The van der Waals surface area contributed by atoms with E-state index in [1.807, 2.05) is 18.2 Å². The van der Waals surface area contributed by atoms with Gasteiger partial charge in [-0.25, -0.2) is 9.66 Å². The fraction of sp³-hybridized carbons (Fsp3) is 0.0625. The normalized spacial score (nSPS) is 10.7. The molecule has 0 radical (unpaired) electrons. The third kappa shape index (κ3) is 2.73. The van der Waals surface area contributed by atoms with E-state index in [0.29, 0.717) is 21.6 Å². The Morgan fingerprint density at radius 2 is 1.77 bits per heavy atom. The lowest BCUT2D eigenvalue weighted by Gasteiger charge is -2.07. The number of hydrogen-bond acceptors (Lipinski definition) is 5. The quantitative estimate of drug-likeness (QED) is 0.345. The minimum absolute atomic E-state index is 0.0343. The van der Waals surface area contributed by atoms with Crippen molar-refractivity contribution in [2.45, 2.75) is 5.16 Å². The van der Waals surface area contributed by atoms with Crippen molar-refractivity contribution < 1.29 is 4.79 Å². The van der Waals surface area contributed by atoms with Gasteiger partial charge in [-0.05, 0) is 12.1 Å². The van der Waals surface area contributed by atoms with Crippen LogP contribution in [0.5, 0.6) is 0 Å². The molecule has 0 unspecified atom stereocenters. The van der Waals surface area contributed by atoms with Crippen LogP contribution >= 0.6 is 11.8 Å². The van der Waals surface area contributed by atoms with Crippen LogP contribution in [0.4, 0.5) is 0 Å². The molecule has 3 aromatic rings. The van der Waals surface area contributed by atoms with E-state index < -0.39 is 0 Å². The summed E-state index contributed by atoms with van der Waals surface area (Å²) in [7, 11) is 0. The van der Waals surface area contributed by atoms with Crippen LogP contribution in [0.3, 0.4) is 0 Å². The molecule has 3 rings (SSSR count). The summed E-state index contributed by atoms with van der Waals surface area (Å²) in [6, 6.07) is 16.0. The van der Waals surface area contributed by atoms with E-state index in [9.17, 15) is 9.59 Å². The number of ketones is 1. The summed E-state index contributed by atoms with van der Waals surface area (Å²) in [5, 5.41) is 0.789. The second-order valence-corrected chi connectivity index (χ2v) is 5.61. The molecule has 0 fully saturated rings. The Kier molecular flexibility index (Phi) is 3.93. The van der Waals surface area contributed by atoms with E-state index in [-0.39, 0.29) is 17.1 Å². The van der Waals surface area contributed by atoms with Crippen molar-refractivity contribution in [3.05, 3.63) is 70.5 Å². The van der Waals surface area contributed by atoms with Crippen LogP contribution in [-0.2, 0) is 0 Å². The summed E-state index contributed by atoms with van der Waals surface area (Å²) in [4.78, 5) is 28.6. The van der Waals surface area contributed by atoms with Crippen molar-refractivity contribution in [3.8, 4) is 0 Å². The third-order valence-electron chi connectivity index (χ3n) is 3.20. The molecule has 0 saturated carbocycles. The lowest BCUT2D eigenvalue weighted by molar-refractivity contribution is 0.102.